The molecule has 4 fully saturated rings. The number of thiocarbonyl (C=S) groups is 1. The smallest absolute Gasteiger partial charge is 0.0513 e. The molecule has 4 heteroatoms. The molecule has 6 unspecified atom stereocenters. The average Bonchev–Trinajstić information content (AvgIpc) is 3.22. The normalized spacial score (nSPS) is 53.5. The Kier molecular flexibility index (Phi) is 3.60. The zero-order valence-electron chi connectivity index (χ0n) is 13.5. The van der Waals surface area contributed by atoms with Crippen LogP contribution < -0.4 is 0 Å². The third kappa shape index (κ3) is 2.74. The highest BCUT2D eigenvalue weighted by molar-refractivity contribution is 8.24. The van der Waals surface area contributed by atoms with E-state index >= 15 is 0 Å². The van der Waals surface area contributed by atoms with E-state index in [9.17, 15) is 0 Å². The van der Waals surface area contributed by atoms with Crippen molar-refractivity contribution in [1.29, 1.82) is 0 Å². The van der Waals surface area contributed by atoms with Gasteiger partial charge in [-0.3, -0.25) is 0 Å². The summed E-state index contributed by atoms with van der Waals surface area (Å²) in [7, 11) is 0. The van der Waals surface area contributed by atoms with Crippen molar-refractivity contribution in [1.82, 2.24) is 0 Å². The van der Waals surface area contributed by atoms with Gasteiger partial charge in [0.15, 0.2) is 0 Å². The Bertz CT molecular complexity index is 487. The van der Waals surface area contributed by atoms with Gasteiger partial charge in [0.1, 0.15) is 0 Å². The fourth-order valence-corrected chi connectivity index (χ4v) is 9.85. The molecule has 6 atom stereocenters. The number of hydrogen-bond acceptors (Lipinski definition) is 4. The zero-order chi connectivity index (χ0) is 15.0. The van der Waals surface area contributed by atoms with E-state index in [4.69, 9.17) is 12.2 Å². The van der Waals surface area contributed by atoms with Crippen LogP contribution in [0.1, 0.15) is 59.8 Å². The second-order valence-corrected chi connectivity index (χ2v) is 14.0. The number of thioether (sulfide) groups is 3. The molecule has 0 aromatic carbocycles. The van der Waals surface area contributed by atoms with Gasteiger partial charge in [-0.25, -0.2) is 0 Å². The van der Waals surface area contributed by atoms with Crippen LogP contribution in [0, 0.1) is 11.3 Å². The molecule has 0 aromatic rings. The van der Waals surface area contributed by atoms with Crippen LogP contribution >= 0.6 is 47.5 Å². The van der Waals surface area contributed by atoms with E-state index in [-0.39, 0.29) is 0 Å². The van der Waals surface area contributed by atoms with Gasteiger partial charge in [-0.15, -0.1) is 35.3 Å². The van der Waals surface area contributed by atoms with Gasteiger partial charge in [0.2, 0.25) is 0 Å². The standard InChI is InChI=1S/C17H26S4/c1-15(2)8-12(17(4)13(9-15)21-17)19-14(18)10-5-6-16(3)11(7-10)20-16/h10-13H,5-9H2,1-4H3. The highest BCUT2D eigenvalue weighted by Gasteiger charge is 2.62. The van der Waals surface area contributed by atoms with Crippen molar-refractivity contribution >= 4 is 51.7 Å². The highest BCUT2D eigenvalue weighted by Crippen LogP contribution is 2.68. The maximum absolute atomic E-state index is 5.90. The monoisotopic (exact) mass is 358 g/mol. The van der Waals surface area contributed by atoms with Gasteiger partial charge >= 0.3 is 0 Å². The Morgan fingerprint density at radius 1 is 1.10 bits per heavy atom. The number of rotatable bonds is 2. The third-order valence-electron chi connectivity index (χ3n) is 6.21. The summed E-state index contributed by atoms with van der Waals surface area (Å²) in [6.07, 6.45) is 6.84. The van der Waals surface area contributed by atoms with Crippen LogP contribution in [-0.4, -0.2) is 29.4 Å². The number of hydrogen-bond donors (Lipinski definition) is 0. The molecule has 0 bridgehead atoms. The van der Waals surface area contributed by atoms with Crippen LogP contribution in [0.2, 0.25) is 0 Å². The van der Waals surface area contributed by atoms with E-state index in [1.807, 2.05) is 0 Å². The minimum atomic E-state index is 0.512. The van der Waals surface area contributed by atoms with E-state index in [0.29, 0.717) is 20.8 Å². The molecule has 0 radical (unpaired) electrons. The van der Waals surface area contributed by atoms with E-state index in [1.54, 1.807) is 0 Å². The second kappa shape index (κ2) is 4.83. The summed E-state index contributed by atoms with van der Waals surface area (Å²) >= 11 is 12.4. The predicted octanol–water partition coefficient (Wildman–Crippen LogP) is 5.78. The summed E-state index contributed by atoms with van der Waals surface area (Å²) in [5.41, 5.74) is 0.512. The summed E-state index contributed by atoms with van der Waals surface area (Å²) < 4.78 is 2.51. The molecule has 118 valence electrons. The Hall–Kier alpha value is 1.14. The fourth-order valence-electron chi connectivity index (χ4n) is 4.34. The molecule has 4 rings (SSSR count). The van der Waals surface area contributed by atoms with Gasteiger partial charge in [-0.1, -0.05) is 26.1 Å². The topological polar surface area (TPSA) is 0 Å². The summed E-state index contributed by atoms with van der Waals surface area (Å²) in [5.74, 6) is 0.717. The molecule has 2 saturated carbocycles. The quantitative estimate of drug-likeness (QED) is 0.453. The summed E-state index contributed by atoms with van der Waals surface area (Å²) in [5, 5.41) is 2.57. The molecule has 0 spiro atoms. The predicted molar refractivity (Wildman–Crippen MR) is 104 cm³/mol. The van der Waals surface area contributed by atoms with Crippen molar-refractivity contribution in [2.45, 2.75) is 85.0 Å². The lowest BCUT2D eigenvalue weighted by molar-refractivity contribution is 0.254. The summed E-state index contributed by atoms with van der Waals surface area (Å²) in [6, 6.07) is 0. The molecule has 0 N–H and O–H groups in total. The Morgan fingerprint density at radius 2 is 1.86 bits per heavy atom. The first-order valence-corrected chi connectivity index (χ1v) is 11.3. The molecule has 4 aliphatic rings. The molecule has 2 heterocycles. The molecule has 21 heavy (non-hydrogen) atoms. The maximum atomic E-state index is 5.90. The van der Waals surface area contributed by atoms with Gasteiger partial charge in [0, 0.05) is 31.2 Å². The van der Waals surface area contributed by atoms with Crippen LogP contribution in [0.5, 0.6) is 0 Å². The molecule has 0 aromatic heterocycles. The van der Waals surface area contributed by atoms with Gasteiger partial charge in [-0.2, -0.15) is 0 Å². The molecule has 0 amide bonds. The molecule has 2 saturated heterocycles. The van der Waals surface area contributed by atoms with Crippen LogP contribution in [0.15, 0.2) is 0 Å². The average molecular weight is 359 g/mol. The molecule has 0 nitrogen and oxygen atoms in total. The van der Waals surface area contributed by atoms with Gasteiger partial charge in [0.25, 0.3) is 0 Å². The van der Waals surface area contributed by atoms with Crippen molar-refractivity contribution in [2.75, 3.05) is 0 Å². The van der Waals surface area contributed by atoms with Crippen molar-refractivity contribution in [3.63, 3.8) is 0 Å². The highest BCUT2D eigenvalue weighted by atomic mass is 32.2. The molecular weight excluding hydrogens is 332 g/mol. The van der Waals surface area contributed by atoms with Crippen LogP contribution in [0.25, 0.3) is 0 Å². The Morgan fingerprint density at radius 3 is 2.57 bits per heavy atom. The molecule has 2 aliphatic heterocycles. The molecular formula is C17H26S4. The lowest BCUT2D eigenvalue weighted by Crippen LogP contribution is -2.39. The van der Waals surface area contributed by atoms with Crippen LogP contribution in [-0.2, 0) is 0 Å². The first kappa shape index (κ1) is 15.7. The lowest BCUT2D eigenvalue weighted by Gasteiger charge is -2.38. The van der Waals surface area contributed by atoms with Crippen LogP contribution in [0.3, 0.4) is 0 Å². The van der Waals surface area contributed by atoms with Crippen molar-refractivity contribution in [2.24, 2.45) is 11.3 Å². The minimum absolute atomic E-state index is 0.512. The van der Waals surface area contributed by atoms with E-state index in [1.165, 1.54) is 36.3 Å². The van der Waals surface area contributed by atoms with E-state index in [0.717, 1.165) is 15.7 Å². The van der Waals surface area contributed by atoms with E-state index in [2.05, 4.69) is 63.0 Å². The third-order valence-corrected chi connectivity index (χ3v) is 12.0. The SMILES string of the molecule is CC1(C)CC(SC(=S)C2CCC3(C)SC3C2)C2(C)SC2C1. The van der Waals surface area contributed by atoms with Crippen molar-refractivity contribution < 1.29 is 0 Å². The maximum Gasteiger partial charge on any atom is 0.0513 e. The largest absolute Gasteiger partial charge is 0.149 e. The van der Waals surface area contributed by atoms with E-state index < -0.39 is 0 Å². The minimum Gasteiger partial charge on any atom is -0.149 e. The van der Waals surface area contributed by atoms with Crippen LogP contribution in [0.4, 0.5) is 0 Å². The zero-order valence-corrected chi connectivity index (χ0v) is 16.7. The van der Waals surface area contributed by atoms with Gasteiger partial charge < -0.3 is 0 Å². The van der Waals surface area contributed by atoms with Gasteiger partial charge in [-0.05, 0) is 51.4 Å². The fraction of sp³-hybridized carbons (Fsp3) is 0.941. The Labute approximate surface area is 147 Å². The summed E-state index contributed by atoms with van der Waals surface area (Å²) in [4.78, 5) is 0. The van der Waals surface area contributed by atoms with Crippen molar-refractivity contribution in [3.05, 3.63) is 0 Å². The Balaban J connectivity index is 1.40. The molecule has 2 aliphatic carbocycles. The second-order valence-electron chi connectivity index (χ2n) is 8.68. The number of fused-ring (bicyclic) bond motifs is 2. The first-order valence-electron chi connectivity index (χ1n) is 8.28. The lowest BCUT2D eigenvalue weighted by atomic mass is 9.73. The van der Waals surface area contributed by atoms with Gasteiger partial charge in [0.05, 0.1) is 4.20 Å². The van der Waals surface area contributed by atoms with Crippen molar-refractivity contribution in [3.8, 4) is 0 Å². The summed E-state index contributed by atoms with van der Waals surface area (Å²) in [6.45, 7) is 9.85. The first-order chi connectivity index (χ1) is 9.72.